The van der Waals surface area contributed by atoms with Crippen molar-refractivity contribution in [2.75, 3.05) is 0 Å². The van der Waals surface area contributed by atoms with E-state index < -0.39 is 17.4 Å². The topological polar surface area (TPSA) is 35.5 Å². The first-order valence-electron chi connectivity index (χ1n) is 7.93. The Bertz CT molecular complexity index is 267. The van der Waals surface area contributed by atoms with Gasteiger partial charge in [0.15, 0.2) is 0 Å². The highest BCUT2D eigenvalue weighted by Crippen LogP contribution is 2.26. The van der Waals surface area contributed by atoms with Crippen molar-refractivity contribution in [1.29, 1.82) is 0 Å². The second kappa shape index (κ2) is 7.90. The number of hydrogen-bond donors (Lipinski definition) is 0. The number of carbonyl (C=O) groups excluding carboxylic acids is 1. The van der Waals surface area contributed by atoms with Gasteiger partial charge in [-0.1, -0.05) is 40.5 Å². The zero-order valence-corrected chi connectivity index (χ0v) is 14.7. The van der Waals surface area contributed by atoms with Crippen molar-refractivity contribution in [3.63, 3.8) is 0 Å². The molecule has 3 heteroatoms. The van der Waals surface area contributed by atoms with E-state index >= 15 is 0 Å². The predicted octanol–water partition coefficient (Wildman–Crippen LogP) is 5.57. The van der Waals surface area contributed by atoms with Crippen LogP contribution in [0.5, 0.6) is 0 Å². The number of rotatable bonds is 8. The van der Waals surface area contributed by atoms with Gasteiger partial charge in [-0.2, -0.15) is 0 Å². The predicted molar refractivity (Wildman–Crippen MR) is 83.9 cm³/mol. The molecule has 0 radical (unpaired) electrons. The van der Waals surface area contributed by atoms with Gasteiger partial charge in [0.2, 0.25) is 0 Å². The van der Waals surface area contributed by atoms with E-state index in [-0.39, 0.29) is 0 Å². The molecule has 0 fully saturated rings. The number of ether oxygens (including phenoxy) is 2. The van der Waals surface area contributed by atoms with Gasteiger partial charge in [-0.05, 0) is 52.4 Å². The summed E-state index contributed by atoms with van der Waals surface area (Å²) in [6.07, 6.45) is 3.32. The van der Waals surface area contributed by atoms with E-state index in [1.807, 2.05) is 27.7 Å². The lowest BCUT2D eigenvalue weighted by atomic mass is 9.93. The number of carbonyl (C=O) groups is 1. The first-order valence-corrected chi connectivity index (χ1v) is 7.93. The van der Waals surface area contributed by atoms with Crippen LogP contribution in [0, 0.1) is 11.8 Å². The summed E-state index contributed by atoms with van der Waals surface area (Å²) in [4.78, 5) is 12.0. The average molecular weight is 286 g/mol. The minimum atomic E-state index is -0.549. The molecule has 0 aliphatic heterocycles. The molecule has 0 saturated carbocycles. The highest BCUT2D eigenvalue weighted by molar-refractivity contribution is 5.61. The van der Waals surface area contributed by atoms with E-state index in [0.29, 0.717) is 11.8 Å². The van der Waals surface area contributed by atoms with Crippen LogP contribution in [-0.4, -0.2) is 17.4 Å². The molecule has 0 N–H and O–H groups in total. The maximum atomic E-state index is 12.0. The Morgan fingerprint density at radius 3 is 1.40 bits per heavy atom. The van der Waals surface area contributed by atoms with Gasteiger partial charge in [0.05, 0.1) is 0 Å². The van der Waals surface area contributed by atoms with Crippen molar-refractivity contribution >= 4 is 6.16 Å². The second-order valence-electron chi connectivity index (χ2n) is 7.41. The normalized spacial score (nSPS) is 15.6. The van der Waals surface area contributed by atoms with Crippen molar-refractivity contribution in [2.45, 2.75) is 92.3 Å². The van der Waals surface area contributed by atoms with Crippen LogP contribution in [-0.2, 0) is 9.47 Å². The summed E-state index contributed by atoms with van der Waals surface area (Å²) < 4.78 is 11.0. The molecule has 0 rings (SSSR count). The van der Waals surface area contributed by atoms with Gasteiger partial charge in [0, 0.05) is 0 Å². The Balaban J connectivity index is 4.40. The van der Waals surface area contributed by atoms with E-state index in [4.69, 9.17) is 9.47 Å². The number of hydrogen-bond acceptors (Lipinski definition) is 3. The zero-order chi connectivity index (χ0) is 16.0. The summed E-state index contributed by atoms with van der Waals surface area (Å²) in [7, 11) is 0. The van der Waals surface area contributed by atoms with E-state index in [0.717, 1.165) is 25.7 Å². The largest absolute Gasteiger partial charge is 0.509 e. The Morgan fingerprint density at radius 1 is 0.850 bits per heavy atom. The molecule has 3 nitrogen and oxygen atoms in total. The SMILES string of the molecule is CCC(C)CC(C)(C)OC(=O)OC(C)(C)CC(C)CC. The van der Waals surface area contributed by atoms with Crippen LogP contribution in [0.4, 0.5) is 4.79 Å². The smallest absolute Gasteiger partial charge is 0.428 e. The average Bonchev–Trinajstić information content (AvgIpc) is 2.25. The zero-order valence-electron chi connectivity index (χ0n) is 14.7. The summed E-state index contributed by atoms with van der Waals surface area (Å²) >= 11 is 0. The minimum Gasteiger partial charge on any atom is -0.428 e. The van der Waals surface area contributed by atoms with Gasteiger partial charge in [-0.15, -0.1) is 0 Å². The van der Waals surface area contributed by atoms with Gasteiger partial charge in [-0.25, -0.2) is 4.79 Å². The first kappa shape index (κ1) is 19.3. The monoisotopic (exact) mass is 286 g/mol. The van der Waals surface area contributed by atoms with E-state index in [2.05, 4.69) is 27.7 Å². The maximum Gasteiger partial charge on any atom is 0.509 e. The van der Waals surface area contributed by atoms with E-state index in [9.17, 15) is 4.79 Å². The van der Waals surface area contributed by atoms with Crippen LogP contribution < -0.4 is 0 Å². The molecule has 20 heavy (non-hydrogen) atoms. The van der Waals surface area contributed by atoms with Gasteiger partial charge >= 0.3 is 6.16 Å². The molecule has 0 amide bonds. The summed E-state index contributed by atoms with van der Waals surface area (Å²) in [5.41, 5.74) is -0.947. The third-order valence-electron chi connectivity index (χ3n) is 3.79. The quantitative estimate of drug-likeness (QED) is 0.547. The fraction of sp³-hybridized carbons (Fsp3) is 0.941. The molecule has 0 heterocycles. The molecule has 2 unspecified atom stereocenters. The van der Waals surface area contributed by atoms with Crippen LogP contribution in [0.25, 0.3) is 0 Å². The second-order valence-corrected chi connectivity index (χ2v) is 7.41. The molecule has 0 saturated heterocycles. The van der Waals surface area contributed by atoms with Crippen LogP contribution in [0.3, 0.4) is 0 Å². The van der Waals surface area contributed by atoms with Gasteiger partial charge in [0.1, 0.15) is 11.2 Å². The molecule has 120 valence electrons. The molecule has 0 aromatic rings. The van der Waals surface area contributed by atoms with Gasteiger partial charge in [-0.3, -0.25) is 0 Å². The Morgan fingerprint density at radius 2 is 1.15 bits per heavy atom. The molecule has 0 bridgehead atoms. The molecule has 0 aromatic carbocycles. The molecule has 0 aliphatic rings. The third-order valence-corrected chi connectivity index (χ3v) is 3.79. The fourth-order valence-corrected chi connectivity index (χ4v) is 2.52. The van der Waals surface area contributed by atoms with Gasteiger partial charge < -0.3 is 9.47 Å². The highest BCUT2D eigenvalue weighted by atomic mass is 16.7. The highest BCUT2D eigenvalue weighted by Gasteiger charge is 2.30. The Kier molecular flexibility index (Phi) is 7.61. The van der Waals surface area contributed by atoms with Crippen LogP contribution in [0.15, 0.2) is 0 Å². The lowest BCUT2D eigenvalue weighted by Gasteiger charge is -2.31. The summed E-state index contributed by atoms with van der Waals surface area (Å²) in [5.74, 6) is 1.07. The van der Waals surface area contributed by atoms with E-state index in [1.165, 1.54) is 0 Å². The van der Waals surface area contributed by atoms with Crippen molar-refractivity contribution in [3.05, 3.63) is 0 Å². The van der Waals surface area contributed by atoms with Crippen molar-refractivity contribution in [2.24, 2.45) is 11.8 Å². The molecular formula is C17H34O3. The summed E-state index contributed by atoms with van der Waals surface area (Å²) in [5, 5.41) is 0. The fourth-order valence-electron chi connectivity index (χ4n) is 2.52. The van der Waals surface area contributed by atoms with Crippen molar-refractivity contribution in [1.82, 2.24) is 0 Å². The molecule has 0 aromatic heterocycles. The Hall–Kier alpha value is -0.730. The third kappa shape index (κ3) is 8.44. The van der Waals surface area contributed by atoms with Crippen LogP contribution in [0.1, 0.15) is 81.1 Å². The van der Waals surface area contributed by atoms with Gasteiger partial charge in [0.25, 0.3) is 0 Å². The molecule has 0 aliphatic carbocycles. The summed E-state index contributed by atoms with van der Waals surface area (Å²) in [6, 6.07) is 0. The molecule has 0 spiro atoms. The van der Waals surface area contributed by atoms with E-state index in [1.54, 1.807) is 0 Å². The molecular weight excluding hydrogens is 252 g/mol. The standard InChI is InChI=1S/C17H34O3/c1-9-13(3)11-16(5,6)19-15(18)20-17(7,8)12-14(4)10-2/h13-14H,9-12H2,1-8H3. The van der Waals surface area contributed by atoms with Crippen molar-refractivity contribution < 1.29 is 14.3 Å². The van der Waals surface area contributed by atoms with Crippen LogP contribution in [0.2, 0.25) is 0 Å². The maximum absolute atomic E-state index is 12.0. The molecule has 2 atom stereocenters. The summed E-state index contributed by atoms with van der Waals surface area (Å²) in [6.45, 7) is 16.4. The first-order chi connectivity index (χ1) is 9.01. The lowest BCUT2D eigenvalue weighted by molar-refractivity contribution is -0.0706. The van der Waals surface area contributed by atoms with Crippen molar-refractivity contribution in [3.8, 4) is 0 Å². The minimum absolute atomic E-state index is 0.473. The van der Waals surface area contributed by atoms with Crippen LogP contribution >= 0.6 is 0 Å². The lowest BCUT2D eigenvalue weighted by Crippen LogP contribution is -2.36. The Labute approximate surface area is 125 Å².